The Morgan fingerprint density at radius 1 is 0.609 bits per heavy atom. The van der Waals surface area contributed by atoms with Crippen LogP contribution in [0, 0.1) is 23.7 Å². The highest BCUT2D eigenvalue weighted by Crippen LogP contribution is 2.28. The lowest BCUT2D eigenvalue weighted by Gasteiger charge is -2.40. The van der Waals surface area contributed by atoms with Gasteiger partial charge in [-0.3, -0.25) is 63.0 Å². The molecule has 38 heteroatoms. The monoisotopic (exact) mass is 1640 g/mol. The molecular formula is C77H131N13O25. The number of rotatable bonds is 51. The number of aliphatic hydroxyl groups excluding tert-OH is 7. The number of ether oxygens (including phenoxy) is 4. The number of nitrogens with zero attached hydrogens (tertiary/aromatic N) is 3. The molecule has 1 aromatic rings. The summed E-state index contributed by atoms with van der Waals surface area (Å²) in [6.45, 7) is 18.4. The Morgan fingerprint density at radius 3 is 1.83 bits per heavy atom. The highest BCUT2D eigenvalue weighted by Gasteiger charge is 2.43. The molecule has 0 spiro atoms. The molecular weight excluding hydrogens is 1510 g/mol. The number of carbonyl (C=O) groups is 14. The number of esters is 2. The second kappa shape index (κ2) is 50.8. The molecule has 0 radical (unpaired) electrons. The van der Waals surface area contributed by atoms with Crippen LogP contribution < -0.4 is 53.2 Å². The fourth-order valence-electron chi connectivity index (χ4n) is 12.4. The number of hydrogen-bond donors (Lipinski definition) is 17. The van der Waals surface area contributed by atoms with Gasteiger partial charge in [0.05, 0.1) is 88.2 Å². The lowest BCUT2D eigenvalue weighted by Crippen LogP contribution is -2.59. The van der Waals surface area contributed by atoms with Crippen LogP contribution >= 0.6 is 0 Å². The summed E-state index contributed by atoms with van der Waals surface area (Å²) in [5.74, 6) is -10.0. The van der Waals surface area contributed by atoms with Crippen LogP contribution in [0.5, 0.6) is 0 Å². The smallest absolute Gasteiger partial charge is 0.408 e. The van der Waals surface area contributed by atoms with Gasteiger partial charge in [-0.25, -0.2) is 14.4 Å². The molecule has 1 fully saturated rings. The zero-order valence-corrected chi connectivity index (χ0v) is 69.7. The van der Waals surface area contributed by atoms with E-state index in [1.54, 1.807) is 97.9 Å². The van der Waals surface area contributed by atoms with Crippen LogP contribution in [0.15, 0.2) is 30.3 Å². The van der Waals surface area contributed by atoms with Crippen LogP contribution in [-0.4, -0.2) is 323 Å². The predicted octanol–water partition coefficient (Wildman–Crippen LogP) is -2.91. The van der Waals surface area contributed by atoms with Gasteiger partial charge in [0.25, 0.3) is 0 Å². The molecule has 1 saturated heterocycles. The zero-order valence-electron chi connectivity index (χ0n) is 69.7. The van der Waals surface area contributed by atoms with Gasteiger partial charge in [-0.2, -0.15) is 0 Å². The molecule has 0 aliphatic carbocycles. The topological polar surface area (TPSA) is 548 Å². The average Bonchev–Trinajstić information content (AvgIpc) is 1.75. The first-order chi connectivity index (χ1) is 53.6. The van der Waals surface area contributed by atoms with Crippen LogP contribution in [0.25, 0.3) is 0 Å². The summed E-state index contributed by atoms with van der Waals surface area (Å²) in [5.41, 5.74) is -1.23. The van der Waals surface area contributed by atoms with E-state index in [1.165, 1.54) is 23.6 Å². The van der Waals surface area contributed by atoms with Crippen molar-refractivity contribution in [1.29, 1.82) is 0 Å². The number of aliphatic hydroxyl groups is 7. The molecule has 0 aromatic heterocycles. The molecule has 1 aromatic carbocycles. The van der Waals surface area contributed by atoms with Crippen LogP contribution in [-0.2, 0) is 82.9 Å². The SMILES string of the molecule is CC[C@H](C)[C@@H]([C@H](O)CC(=O)N1CCC[C@H]1[C@H](O)[C@@H](C)C(=O)N[C@@H](Cc1ccccc1)C(=O)NCCCOC(=O)C(C)NC(=O)CCNC(=O)OCC(NC(=O)CNCC(=O)CNC(=O)OC(C)(C)C)C(=O)CNC(CCC(=O)NC[C@H](O)[C@@H](O)[C@H](O)[C@H](O)CO)C(=O)OC(C)(C)C)N(C)C(=O)[C@@H](NC(=O)[C@H](C(C)C)N(C)C)C(C)C. The fourth-order valence-corrected chi connectivity index (χ4v) is 12.4. The number of carbonyl (C=O) groups excluding carboxylic acids is 14. The Kier molecular flexibility index (Phi) is 45.3. The van der Waals surface area contributed by atoms with Gasteiger partial charge in [-0.15, -0.1) is 0 Å². The minimum atomic E-state index is -1.98. The molecule has 2 rings (SSSR count). The lowest BCUT2D eigenvalue weighted by molar-refractivity contribution is -0.158. The molecule has 115 heavy (non-hydrogen) atoms. The lowest BCUT2D eigenvalue weighted by atomic mass is 9.89. The average molecular weight is 1640 g/mol. The van der Waals surface area contributed by atoms with Crippen LogP contribution in [0.2, 0.25) is 0 Å². The van der Waals surface area contributed by atoms with Crippen molar-refractivity contribution in [3.63, 3.8) is 0 Å². The van der Waals surface area contributed by atoms with Gasteiger partial charge in [0, 0.05) is 52.5 Å². The molecule has 0 bridgehead atoms. The first-order valence-electron chi connectivity index (χ1n) is 39.1. The number of Topliss-reactive ketones (excluding diaryl/α,β-unsaturated/α-hetero) is 2. The summed E-state index contributed by atoms with van der Waals surface area (Å²) >= 11 is 0. The standard InChI is InChI=1S/C77H131N13O25/c1-18-45(6)64(89(17)71(107)62(43(2)3)87-70(106)63(44(4)5)88(15)16)54(93)35-61(100)90-32-22-26-53(90)65(101)46(7)68(104)86-51(34-48-24-20-19-21-25-48)69(105)79-30-23-33-112-72(108)47(8)84-59(98)29-31-80-74(110)113-42-52(85-60(99)40-78-36-49(92)37-83-75(111)115-77(12,13)14)55(94)38-81-50(73(109)114-76(9,10)11)27-28-58(97)82-39-56(95)66(102)67(103)57(96)41-91/h19-21,24-25,43-47,50-54,56-57,62-67,78,81,91,93,95-96,101-103H,18,22-23,26-42H2,1-17H3,(H,79,105)(H,80,110)(H,82,97)(H,83,111)(H,84,98)(H,85,99)(H,86,104)(H,87,106)/t45-,46+,47?,50?,51-,52?,53-,54+,56-,57+,62-,63-,64-,65+,66+,67+/m0/s1. The van der Waals surface area contributed by atoms with E-state index < -0.39 is 244 Å². The summed E-state index contributed by atoms with van der Waals surface area (Å²) in [6, 6.07) is 0.254. The molecule has 1 aliphatic rings. The van der Waals surface area contributed by atoms with E-state index in [-0.39, 0.29) is 69.2 Å². The molecule has 1 aliphatic heterocycles. The highest BCUT2D eigenvalue weighted by atomic mass is 16.6. The van der Waals surface area contributed by atoms with E-state index >= 15 is 0 Å². The third-order valence-corrected chi connectivity index (χ3v) is 18.8. The van der Waals surface area contributed by atoms with Crippen molar-refractivity contribution in [1.82, 2.24) is 67.9 Å². The summed E-state index contributed by atoms with van der Waals surface area (Å²) in [6.07, 6.45) is -12.5. The van der Waals surface area contributed by atoms with Gasteiger partial charge in [0.15, 0.2) is 11.6 Å². The van der Waals surface area contributed by atoms with E-state index in [1.807, 2.05) is 41.5 Å². The number of hydrogen-bond acceptors (Lipinski definition) is 28. The summed E-state index contributed by atoms with van der Waals surface area (Å²) in [4.78, 5) is 191. The van der Waals surface area contributed by atoms with E-state index in [2.05, 4.69) is 53.2 Å². The molecule has 10 amide bonds. The summed E-state index contributed by atoms with van der Waals surface area (Å²) in [7, 11) is 5.12. The molecule has 654 valence electrons. The van der Waals surface area contributed by atoms with Crippen LogP contribution in [0.4, 0.5) is 9.59 Å². The zero-order chi connectivity index (χ0) is 87.4. The number of likely N-dealkylation sites (tertiary alicyclic amines) is 1. The van der Waals surface area contributed by atoms with E-state index in [0.717, 1.165) is 0 Å². The predicted molar refractivity (Wildman–Crippen MR) is 418 cm³/mol. The van der Waals surface area contributed by atoms with Crippen molar-refractivity contribution in [2.24, 2.45) is 23.7 Å². The molecule has 0 saturated carbocycles. The number of ketones is 2. The maximum Gasteiger partial charge on any atom is 0.408 e. The third kappa shape index (κ3) is 37.9. The van der Waals surface area contributed by atoms with Crippen molar-refractivity contribution in [2.75, 3.05) is 93.3 Å². The van der Waals surface area contributed by atoms with Crippen LogP contribution in [0.1, 0.15) is 154 Å². The maximum atomic E-state index is 14.3. The summed E-state index contributed by atoms with van der Waals surface area (Å²) < 4.78 is 21.2. The Labute approximate surface area is 673 Å². The molecule has 38 nitrogen and oxygen atoms in total. The largest absolute Gasteiger partial charge is 0.464 e. The Hall–Kier alpha value is -8.60. The normalized spacial score (nSPS) is 17.0. The molecule has 16 atom stereocenters. The van der Waals surface area contributed by atoms with E-state index in [9.17, 15) is 97.8 Å². The highest BCUT2D eigenvalue weighted by molar-refractivity contribution is 5.93. The maximum absolute atomic E-state index is 14.3. The van der Waals surface area contributed by atoms with E-state index in [4.69, 9.17) is 24.1 Å². The number of likely N-dealkylation sites (N-methyl/N-ethyl adjacent to an activating group) is 2. The van der Waals surface area contributed by atoms with Gasteiger partial charge in [0.2, 0.25) is 47.3 Å². The first-order valence-corrected chi connectivity index (χ1v) is 39.1. The van der Waals surface area contributed by atoms with Crippen molar-refractivity contribution in [2.45, 2.75) is 251 Å². The second-order valence-corrected chi connectivity index (χ2v) is 31.9. The van der Waals surface area contributed by atoms with Crippen molar-refractivity contribution in [3.8, 4) is 0 Å². The Morgan fingerprint density at radius 2 is 1.24 bits per heavy atom. The van der Waals surface area contributed by atoms with Gasteiger partial charge in [-0.05, 0) is 112 Å². The van der Waals surface area contributed by atoms with Gasteiger partial charge >= 0.3 is 24.1 Å². The Bertz CT molecular complexity index is 3290. The van der Waals surface area contributed by atoms with Crippen molar-refractivity contribution < 1.29 is 122 Å². The number of nitrogens with one attached hydrogen (secondary N) is 10. The van der Waals surface area contributed by atoms with Crippen LogP contribution in [0.3, 0.4) is 0 Å². The number of amides is 10. The first kappa shape index (κ1) is 102. The minimum absolute atomic E-state index is 0.0331. The number of alkyl carbamates (subject to hydrolysis) is 2. The second-order valence-electron chi connectivity index (χ2n) is 31.9. The Balaban J connectivity index is 2.09. The minimum Gasteiger partial charge on any atom is -0.464 e. The van der Waals surface area contributed by atoms with Gasteiger partial charge in [0.1, 0.15) is 66.3 Å². The quantitative estimate of drug-likeness (QED) is 0.0177. The molecule has 1 heterocycles. The molecule has 17 N–H and O–H groups in total. The van der Waals surface area contributed by atoms with E-state index in [0.29, 0.717) is 24.8 Å². The summed E-state index contributed by atoms with van der Waals surface area (Å²) in [5, 5.41) is 98.0. The molecule has 3 unspecified atom stereocenters. The van der Waals surface area contributed by atoms with Gasteiger partial charge in [-0.1, -0.05) is 85.2 Å². The van der Waals surface area contributed by atoms with Gasteiger partial charge < -0.3 is 112 Å². The van der Waals surface area contributed by atoms with Crippen molar-refractivity contribution >= 4 is 82.9 Å². The fraction of sp³-hybridized carbons (Fsp3) is 0.740. The number of benzene rings is 1. The van der Waals surface area contributed by atoms with Crippen molar-refractivity contribution in [3.05, 3.63) is 35.9 Å². The third-order valence-electron chi connectivity index (χ3n) is 18.8.